The zero-order chi connectivity index (χ0) is 18.9. The highest BCUT2D eigenvalue weighted by Crippen LogP contribution is 2.13. The van der Waals surface area contributed by atoms with Gasteiger partial charge in [-0.05, 0) is 55.3 Å². The molecule has 0 aliphatic rings. The van der Waals surface area contributed by atoms with E-state index in [0.29, 0.717) is 11.5 Å². The number of amides is 2. The number of ether oxygens (including phenoxy) is 2. The molecule has 2 N–H and O–H groups in total. The van der Waals surface area contributed by atoms with Crippen LogP contribution in [0.4, 0.5) is 4.39 Å². The Labute approximate surface area is 151 Å². The molecule has 0 heterocycles. The van der Waals surface area contributed by atoms with Crippen molar-refractivity contribution in [2.75, 3.05) is 6.61 Å². The average molecular weight is 360 g/mol. The Morgan fingerprint density at radius 3 is 2.23 bits per heavy atom. The van der Waals surface area contributed by atoms with Crippen molar-refractivity contribution in [3.05, 3.63) is 59.9 Å². The van der Waals surface area contributed by atoms with E-state index in [9.17, 15) is 14.0 Å². The van der Waals surface area contributed by atoms with Gasteiger partial charge < -0.3 is 9.47 Å². The summed E-state index contributed by atoms with van der Waals surface area (Å²) in [7, 11) is 0. The molecule has 2 rings (SSSR count). The van der Waals surface area contributed by atoms with Crippen LogP contribution in [0.2, 0.25) is 0 Å². The largest absolute Gasteiger partial charge is 0.484 e. The fraction of sp³-hybridized carbons (Fsp3) is 0.263. The minimum atomic E-state index is -0.872. The summed E-state index contributed by atoms with van der Waals surface area (Å²) in [5.41, 5.74) is 5.67. The molecule has 0 spiro atoms. The first kappa shape index (κ1) is 19.2. The number of rotatable bonds is 7. The maximum Gasteiger partial charge on any atom is 0.279 e. The van der Waals surface area contributed by atoms with Crippen molar-refractivity contribution in [1.29, 1.82) is 0 Å². The first-order chi connectivity index (χ1) is 12.5. The topological polar surface area (TPSA) is 76.7 Å². The molecule has 0 fully saturated rings. The lowest BCUT2D eigenvalue weighted by Crippen LogP contribution is -2.48. The van der Waals surface area contributed by atoms with Crippen molar-refractivity contribution in [3.63, 3.8) is 0 Å². The van der Waals surface area contributed by atoms with Crippen molar-refractivity contribution in [1.82, 2.24) is 10.9 Å². The number of carbonyl (C=O) groups excluding carboxylic acids is 2. The number of carbonyl (C=O) groups is 2. The van der Waals surface area contributed by atoms with E-state index in [1.165, 1.54) is 36.8 Å². The molecule has 0 saturated heterocycles. The van der Waals surface area contributed by atoms with E-state index in [-0.39, 0.29) is 6.61 Å². The number of hydrogen-bond acceptors (Lipinski definition) is 4. The van der Waals surface area contributed by atoms with Gasteiger partial charge in [0.15, 0.2) is 12.7 Å². The maximum absolute atomic E-state index is 12.8. The first-order valence-corrected chi connectivity index (χ1v) is 8.20. The number of benzene rings is 2. The number of halogens is 1. The van der Waals surface area contributed by atoms with Crippen LogP contribution in [0.3, 0.4) is 0 Å². The van der Waals surface area contributed by atoms with Crippen LogP contribution in [0.25, 0.3) is 0 Å². The lowest BCUT2D eigenvalue weighted by molar-refractivity contribution is -0.133. The molecule has 1 unspecified atom stereocenters. The predicted octanol–water partition coefficient (Wildman–Crippen LogP) is 2.38. The summed E-state index contributed by atoms with van der Waals surface area (Å²) in [5, 5.41) is 0. The van der Waals surface area contributed by atoms with E-state index in [1.807, 2.05) is 19.1 Å². The quantitative estimate of drug-likeness (QED) is 0.744. The Hall–Kier alpha value is -3.09. The lowest BCUT2D eigenvalue weighted by Gasteiger charge is -2.15. The zero-order valence-corrected chi connectivity index (χ0v) is 14.6. The molecule has 0 saturated carbocycles. The van der Waals surface area contributed by atoms with Gasteiger partial charge in [0.25, 0.3) is 11.8 Å². The summed E-state index contributed by atoms with van der Waals surface area (Å²) in [5.74, 6) is -0.538. The van der Waals surface area contributed by atoms with E-state index in [0.717, 1.165) is 6.42 Å². The van der Waals surface area contributed by atoms with Crippen LogP contribution in [0.15, 0.2) is 48.5 Å². The van der Waals surface area contributed by atoms with Crippen LogP contribution >= 0.6 is 0 Å². The third-order valence-corrected chi connectivity index (χ3v) is 3.52. The normalized spacial score (nSPS) is 11.3. The van der Waals surface area contributed by atoms with E-state index in [1.54, 1.807) is 12.1 Å². The van der Waals surface area contributed by atoms with Crippen LogP contribution in [0.1, 0.15) is 19.4 Å². The molecule has 2 aromatic carbocycles. The Bertz CT molecular complexity index is 732. The number of hydrogen-bond donors (Lipinski definition) is 2. The second kappa shape index (κ2) is 9.41. The Kier molecular flexibility index (Phi) is 6.96. The summed E-state index contributed by atoms with van der Waals surface area (Å²) in [6.07, 6.45) is 0.0496. The standard InChI is InChI=1S/C19H21FN2O4/c1-3-14-4-8-16(9-5-14)25-12-18(23)21-22-19(24)13(2)26-17-10-6-15(20)7-11-17/h4-11,13H,3,12H2,1-2H3,(H,21,23)(H,22,24). The Morgan fingerprint density at radius 1 is 1.00 bits per heavy atom. The number of hydrazine groups is 1. The van der Waals surface area contributed by atoms with Gasteiger partial charge in [-0.15, -0.1) is 0 Å². The van der Waals surface area contributed by atoms with Gasteiger partial charge in [0.2, 0.25) is 0 Å². The Morgan fingerprint density at radius 2 is 1.62 bits per heavy atom. The molecule has 138 valence electrons. The van der Waals surface area contributed by atoms with Crippen LogP contribution in [0.5, 0.6) is 11.5 Å². The van der Waals surface area contributed by atoms with Gasteiger partial charge in [-0.2, -0.15) is 0 Å². The average Bonchev–Trinajstić information content (AvgIpc) is 2.66. The molecule has 0 radical (unpaired) electrons. The number of nitrogens with one attached hydrogen (secondary N) is 2. The second-order valence-corrected chi connectivity index (χ2v) is 5.54. The van der Waals surface area contributed by atoms with E-state index < -0.39 is 23.7 Å². The highest BCUT2D eigenvalue weighted by Gasteiger charge is 2.15. The fourth-order valence-electron chi connectivity index (χ4n) is 2.01. The molecule has 0 aliphatic heterocycles. The minimum absolute atomic E-state index is 0.237. The van der Waals surface area contributed by atoms with Gasteiger partial charge in [0.1, 0.15) is 17.3 Å². The van der Waals surface area contributed by atoms with E-state index >= 15 is 0 Å². The fourth-order valence-corrected chi connectivity index (χ4v) is 2.01. The van der Waals surface area contributed by atoms with Gasteiger partial charge in [0.05, 0.1) is 0 Å². The minimum Gasteiger partial charge on any atom is -0.484 e. The molecule has 2 amide bonds. The third-order valence-electron chi connectivity index (χ3n) is 3.52. The summed E-state index contributed by atoms with van der Waals surface area (Å²) < 4.78 is 23.5. The molecule has 0 bridgehead atoms. The third kappa shape index (κ3) is 6.08. The molecule has 7 heteroatoms. The smallest absolute Gasteiger partial charge is 0.279 e. The van der Waals surface area contributed by atoms with Crippen molar-refractivity contribution in [2.45, 2.75) is 26.4 Å². The molecule has 0 aliphatic carbocycles. The maximum atomic E-state index is 12.8. The van der Waals surface area contributed by atoms with Crippen molar-refractivity contribution in [3.8, 4) is 11.5 Å². The number of aryl methyl sites for hydroxylation is 1. The lowest BCUT2D eigenvalue weighted by atomic mass is 10.2. The van der Waals surface area contributed by atoms with Crippen LogP contribution in [-0.4, -0.2) is 24.5 Å². The van der Waals surface area contributed by atoms with Crippen molar-refractivity contribution in [2.24, 2.45) is 0 Å². The van der Waals surface area contributed by atoms with Gasteiger partial charge in [0, 0.05) is 0 Å². The molecule has 1 atom stereocenters. The highest BCUT2D eigenvalue weighted by molar-refractivity contribution is 5.85. The van der Waals surface area contributed by atoms with Gasteiger partial charge in [-0.25, -0.2) is 4.39 Å². The summed E-state index contributed by atoms with van der Waals surface area (Å²) in [4.78, 5) is 23.6. The van der Waals surface area contributed by atoms with Gasteiger partial charge >= 0.3 is 0 Å². The monoisotopic (exact) mass is 360 g/mol. The van der Waals surface area contributed by atoms with Gasteiger partial charge in [-0.3, -0.25) is 20.4 Å². The summed E-state index contributed by atoms with van der Waals surface area (Å²) >= 11 is 0. The van der Waals surface area contributed by atoms with Crippen molar-refractivity contribution < 1.29 is 23.5 Å². The second-order valence-electron chi connectivity index (χ2n) is 5.54. The van der Waals surface area contributed by atoms with E-state index in [4.69, 9.17) is 9.47 Å². The summed E-state index contributed by atoms with van der Waals surface area (Å²) in [6, 6.07) is 12.7. The van der Waals surface area contributed by atoms with Crippen LogP contribution < -0.4 is 20.3 Å². The van der Waals surface area contributed by atoms with E-state index in [2.05, 4.69) is 10.9 Å². The molecule has 0 aromatic heterocycles. The molecule has 26 heavy (non-hydrogen) atoms. The highest BCUT2D eigenvalue weighted by atomic mass is 19.1. The van der Waals surface area contributed by atoms with Gasteiger partial charge in [-0.1, -0.05) is 19.1 Å². The molecule has 2 aromatic rings. The molecule has 6 nitrogen and oxygen atoms in total. The Balaban J connectivity index is 1.71. The predicted molar refractivity (Wildman–Crippen MR) is 94.1 cm³/mol. The SMILES string of the molecule is CCc1ccc(OCC(=O)NNC(=O)C(C)Oc2ccc(F)cc2)cc1. The van der Waals surface area contributed by atoms with Crippen LogP contribution in [-0.2, 0) is 16.0 Å². The van der Waals surface area contributed by atoms with Crippen LogP contribution in [0, 0.1) is 5.82 Å². The van der Waals surface area contributed by atoms with Crippen molar-refractivity contribution >= 4 is 11.8 Å². The zero-order valence-electron chi connectivity index (χ0n) is 14.6. The summed E-state index contributed by atoms with van der Waals surface area (Å²) in [6.45, 7) is 3.32. The molecular weight excluding hydrogens is 339 g/mol. The molecular formula is C19H21FN2O4. The first-order valence-electron chi connectivity index (χ1n) is 8.20.